The molecule has 0 saturated carbocycles. The number of phosphoric ester groups is 1. The summed E-state index contributed by atoms with van der Waals surface area (Å²) in [6.45, 7) is 4.63. The van der Waals surface area contributed by atoms with Crippen molar-refractivity contribution in [2.24, 2.45) is 5.92 Å². The molecule has 2 heterocycles. The van der Waals surface area contributed by atoms with Crippen LogP contribution in [0.25, 0.3) is 0 Å². The molecule has 0 aliphatic carbocycles. The van der Waals surface area contributed by atoms with Crippen molar-refractivity contribution in [3.8, 4) is 0 Å². The van der Waals surface area contributed by atoms with E-state index in [4.69, 9.17) is 14.5 Å². The van der Waals surface area contributed by atoms with E-state index in [0.717, 1.165) is 37.6 Å². The topological polar surface area (TPSA) is 149 Å². The van der Waals surface area contributed by atoms with Gasteiger partial charge in [-0.25, -0.2) is 4.57 Å². The maximum Gasteiger partial charge on any atom is 0.470 e. The molecule has 0 aromatic heterocycles. The van der Waals surface area contributed by atoms with E-state index in [1.807, 2.05) is 11.9 Å². The number of likely N-dealkylation sites (N-methyl/N-ethyl adjacent to an activating group) is 1. The Morgan fingerprint density at radius 2 is 2.03 bits per heavy atom. The van der Waals surface area contributed by atoms with Crippen LogP contribution in [0.5, 0.6) is 0 Å². The summed E-state index contributed by atoms with van der Waals surface area (Å²) in [5.41, 5.74) is -0.677. The summed E-state index contributed by atoms with van der Waals surface area (Å²) < 4.78 is 21.6. The predicted octanol–water partition coefficient (Wildman–Crippen LogP) is 0.414. The summed E-state index contributed by atoms with van der Waals surface area (Å²) >= 11 is 1.07. The summed E-state index contributed by atoms with van der Waals surface area (Å²) in [5.74, 6) is 0.235. The molecule has 7 atom stereocenters. The standard InChI is InChI=1S/C18H33N2O8PS/c1-5-7-10-8-12(20(3)9-10)17(23)19-11(6-2)15-13(21)14(22)16(18(27-15)30-4)28-29(24,25)26/h6,10,12-16,18,21-22H,5,7-9H2,1-4H3,(H,19,23)(H2,24,25,26)/b11-6-/t10?,12?,13-,14+,15-,16-,18-/m1/s1. The van der Waals surface area contributed by atoms with E-state index in [2.05, 4.69) is 16.8 Å². The molecule has 2 unspecified atom stereocenters. The molecule has 5 N–H and O–H groups in total. The second kappa shape index (κ2) is 10.9. The Morgan fingerprint density at radius 3 is 2.57 bits per heavy atom. The van der Waals surface area contributed by atoms with Gasteiger partial charge < -0.3 is 30.1 Å². The van der Waals surface area contributed by atoms with Crippen LogP contribution in [0.15, 0.2) is 11.8 Å². The average molecular weight is 469 g/mol. The zero-order valence-electron chi connectivity index (χ0n) is 17.7. The van der Waals surface area contributed by atoms with Crippen molar-refractivity contribution in [3.63, 3.8) is 0 Å². The van der Waals surface area contributed by atoms with Gasteiger partial charge in [0.15, 0.2) is 0 Å². The maximum absolute atomic E-state index is 12.9. The van der Waals surface area contributed by atoms with Gasteiger partial charge in [0, 0.05) is 12.2 Å². The van der Waals surface area contributed by atoms with Gasteiger partial charge in [0.25, 0.3) is 0 Å². The monoisotopic (exact) mass is 468 g/mol. The number of rotatable bonds is 8. The van der Waals surface area contributed by atoms with Crippen LogP contribution in [0, 0.1) is 5.92 Å². The molecule has 30 heavy (non-hydrogen) atoms. The quantitative estimate of drug-likeness (QED) is 0.317. The van der Waals surface area contributed by atoms with E-state index in [1.54, 1.807) is 19.3 Å². The predicted molar refractivity (Wildman–Crippen MR) is 112 cm³/mol. The smallest absolute Gasteiger partial charge is 0.387 e. The van der Waals surface area contributed by atoms with Crippen molar-refractivity contribution < 1.29 is 38.6 Å². The van der Waals surface area contributed by atoms with Crippen LogP contribution in [-0.2, 0) is 18.6 Å². The van der Waals surface area contributed by atoms with Crippen LogP contribution in [0.3, 0.4) is 0 Å². The van der Waals surface area contributed by atoms with E-state index in [-0.39, 0.29) is 17.6 Å². The van der Waals surface area contributed by atoms with E-state index >= 15 is 0 Å². The number of ether oxygens (including phenoxy) is 1. The highest BCUT2D eigenvalue weighted by molar-refractivity contribution is 7.99. The molecule has 2 rings (SSSR count). The van der Waals surface area contributed by atoms with E-state index < -0.39 is 37.7 Å². The molecule has 0 spiro atoms. The highest BCUT2D eigenvalue weighted by Gasteiger charge is 2.49. The zero-order chi connectivity index (χ0) is 22.6. The fraction of sp³-hybridized carbons (Fsp3) is 0.833. The van der Waals surface area contributed by atoms with Crippen molar-refractivity contribution in [3.05, 3.63) is 11.8 Å². The number of hydrogen-bond donors (Lipinski definition) is 5. The van der Waals surface area contributed by atoms with Gasteiger partial charge in [0.05, 0.1) is 6.04 Å². The summed E-state index contributed by atoms with van der Waals surface area (Å²) in [7, 11) is -3.01. The molecule has 12 heteroatoms. The molecule has 2 fully saturated rings. The van der Waals surface area contributed by atoms with Crippen LogP contribution < -0.4 is 5.32 Å². The molecule has 0 aromatic rings. The summed E-state index contributed by atoms with van der Waals surface area (Å²) in [6.07, 6.45) is 0.372. The number of nitrogens with one attached hydrogen (secondary N) is 1. The molecule has 2 aliphatic heterocycles. The second-order valence-corrected chi connectivity index (χ2v) is 9.91. The van der Waals surface area contributed by atoms with Crippen LogP contribution in [0.1, 0.15) is 33.1 Å². The minimum Gasteiger partial charge on any atom is -0.387 e. The lowest BCUT2D eigenvalue weighted by molar-refractivity contribution is -0.184. The lowest BCUT2D eigenvalue weighted by Gasteiger charge is -2.42. The number of amides is 1. The fourth-order valence-corrected chi connectivity index (χ4v) is 5.47. The fourth-order valence-electron chi connectivity index (χ4n) is 4.12. The molecular formula is C18H33N2O8PS. The maximum atomic E-state index is 12.9. The van der Waals surface area contributed by atoms with E-state index in [9.17, 15) is 19.6 Å². The summed E-state index contributed by atoms with van der Waals surface area (Å²) in [4.78, 5) is 33.1. The number of nitrogens with zero attached hydrogens (tertiary/aromatic N) is 1. The Balaban J connectivity index is 2.11. The third-order valence-electron chi connectivity index (χ3n) is 5.56. The molecule has 0 aromatic carbocycles. The molecule has 0 bridgehead atoms. The number of likely N-dealkylation sites (tertiary alicyclic amines) is 1. The van der Waals surface area contributed by atoms with Crippen LogP contribution in [0.2, 0.25) is 0 Å². The highest BCUT2D eigenvalue weighted by atomic mass is 32.2. The Labute approximate surface area is 181 Å². The molecule has 0 radical (unpaired) electrons. The van der Waals surface area contributed by atoms with Gasteiger partial charge in [0.1, 0.15) is 29.9 Å². The van der Waals surface area contributed by atoms with E-state index in [1.165, 1.54) is 0 Å². The number of carbonyl (C=O) groups excluding carboxylic acids is 1. The highest BCUT2D eigenvalue weighted by Crippen LogP contribution is 2.43. The van der Waals surface area contributed by atoms with Gasteiger partial charge in [-0.05, 0) is 39.0 Å². The van der Waals surface area contributed by atoms with Gasteiger partial charge in [-0.1, -0.05) is 19.4 Å². The van der Waals surface area contributed by atoms with Gasteiger partial charge in [-0.3, -0.25) is 14.2 Å². The Hall–Kier alpha value is -0.490. The average Bonchev–Trinajstić information content (AvgIpc) is 3.04. The van der Waals surface area contributed by atoms with Gasteiger partial charge in [-0.15, -0.1) is 11.8 Å². The first-order chi connectivity index (χ1) is 14.0. The van der Waals surface area contributed by atoms with Crippen molar-refractivity contribution in [2.75, 3.05) is 19.8 Å². The number of aliphatic hydroxyl groups is 2. The molecule has 10 nitrogen and oxygen atoms in total. The number of carbonyl (C=O) groups is 1. The summed E-state index contributed by atoms with van der Waals surface area (Å²) in [5, 5.41) is 23.8. The Bertz CT molecular complexity index is 673. The van der Waals surface area contributed by atoms with Gasteiger partial charge in [-0.2, -0.15) is 0 Å². The normalized spacial score (nSPS) is 36.1. The molecule has 174 valence electrons. The lowest BCUT2D eigenvalue weighted by atomic mass is 9.96. The van der Waals surface area contributed by atoms with Crippen LogP contribution in [-0.4, -0.2) is 86.5 Å². The third kappa shape index (κ3) is 6.27. The third-order valence-corrected chi connectivity index (χ3v) is 6.92. The van der Waals surface area contributed by atoms with Crippen molar-refractivity contribution in [1.82, 2.24) is 10.2 Å². The first-order valence-electron chi connectivity index (χ1n) is 9.98. The minimum atomic E-state index is -4.91. The van der Waals surface area contributed by atoms with Gasteiger partial charge >= 0.3 is 7.82 Å². The second-order valence-electron chi connectivity index (χ2n) is 7.78. The molecule has 1 amide bonds. The first-order valence-corrected chi connectivity index (χ1v) is 12.8. The summed E-state index contributed by atoms with van der Waals surface area (Å²) in [6, 6.07) is -0.302. The lowest BCUT2D eigenvalue weighted by Crippen LogP contribution is -2.59. The SMILES string of the molecule is C/C=C(\NC(=O)C1CC(CCC)CN1C)[C@H]1O[C@H](SC)[C@H](OP(=O)(O)O)[C@@H](O)[C@H]1O. The van der Waals surface area contributed by atoms with Crippen molar-refractivity contribution in [2.45, 2.75) is 69.0 Å². The Kier molecular flexibility index (Phi) is 9.35. The number of aliphatic hydroxyl groups excluding tert-OH is 2. The number of phosphoric acid groups is 1. The van der Waals surface area contributed by atoms with Crippen LogP contribution >= 0.6 is 19.6 Å². The van der Waals surface area contributed by atoms with Crippen molar-refractivity contribution in [1.29, 1.82) is 0 Å². The number of hydrogen-bond acceptors (Lipinski definition) is 8. The minimum absolute atomic E-state index is 0.219. The van der Waals surface area contributed by atoms with Crippen molar-refractivity contribution >= 4 is 25.5 Å². The Morgan fingerprint density at radius 1 is 1.37 bits per heavy atom. The number of thioether (sulfide) groups is 1. The van der Waals surface area contributed by atoms with E-state index in [0.29, 0.717) is 5.92 Å². The zero-order valence-corrected chi connectivity index (χ0v) is 19.4. The number of allylic oxidation sites excluding steroid dienone is 1. The largest absolute Gasteiger partial charge is 0.470 e. The van der Waals surface area contributed by atoms with Gasteiger partial charge in [0.2, 0.25) is 5.91 Å². The molecular weight excluding hydrogens is 435 g/mol. The van der Waals surface area contributed by atoms with Crippen LogP contribution in [0.4, 0.5) is 0 Å². The first kappa shape index (κ1) is 25.8. The molecule has 2 saturated heterocycles. The molecule has 2 aliphatic rings.